The van der Waals surface area contributed by atoms with Crippen LogP contribution in [0.4, 0.5) is 0 Å². The number of nitrogens with zero attached hydrogens (tertiary/aromatic N) is 4. The number of carbonyl (C=O) groups is 1. The van der Waals surface area contributed by atoms with Crippen LogP contribution in [0, 0.1) is 5.92 Å². The molecular formula is C16H22N6O. The van der Waals surface area contributed by atoms with E-state index in [0.29, 0.717) is 24.7 Å². The van der Waals surface area contributed by atoms with Gasteiger partial charge in [0.25, 0.3) is 5.91 Å². The minimum Gasteiger partial charge on any atom is -0.348 e. The van der Waals surface area contributed by atoms with Crippen LogP contribution in [0.15, 0.2) is 30.6 Å². The van der Waals surface area contributed by atoms with E-state index in [2.05, 4.69) is 20.6 Å². The van der Waals surface area contributed by atoms with E-state index in [-0.39, 0.29) is 11.9 Å². The quantitative estimate of drug-likeness (QED) is 0.820. The zero-order valence-corrected chi connectivity index (χ0v) is 13.1. The van der Waals surface area contributed by atoms with Gasteiger partial charge in [-0.2, -0.15) is 0 Å². The number of rotatable bonds is 6. The van der Waals surface area contributed by atoms with E-state index in [1.54, 1.807) is 10.9 Å². The van der Waals surface area contributed by atoms with Crippen LogP contribution in [0.1, 0.15) is 35.4 Å². The molecule has 122 valence electrons. The second kappa shape index (κ2) is 7.32. The lowest BCUT2D eigenvalue weighted by atomic mass is 9.97. The third-order valence-electron chi connectivity index (χ3n) is 4.30. The lowest BCUT2D eigenvalue weighted by Crippen LogP contribution is -2.38. The number of carbonyl (C=O) groups excluding carboxylic acids is 1. The molecule has 0 aliphatic heterocycles. The minimum atomic E-state index is -0.161. The maximum atomic E-state index is 12.3. The van der Waals surface area contributed by atoms with Crippen molar-refractivity contribution in [1.29, 1.82) is 0 Å². The summed E-state index contributed by atoms with van der Waals surface area (Å²) in [4.78, 5) is 16.7. The van der Waals surface area contributed by atoms with Gasteiger partial charge in [0, 0.05) is 24.5 Å². The van der Waals surface area contributed by atoms with Crippen molar-refractivity contribution in [1.82, 2.24) is 25.3 Å². The summed E-state index contributed by atoms with van der Waals surface area (Å²) in [5, 5.41) is 10.9. The second-order valence-electron chi connectivity index (χ2n) is 5.95. The Morgan fingerprint density at radius 3 is 3.09 bits per heavy atom. The van der Waals surface area contributed by atoms with Crippen molar-refractivity contribution >= 4 is 5.91 Å². The van der Waals surface area contributed by atoms with Gasteiger partial charge in [-0.25, -0.2) is 0 Å². The molecule has 3 N–H and O–H groups in total. The van der Waals surface area contributed by atoms with E-state index < -0.39 is 0 Å². The van der Waals surface area contributed by atoms with E-state index in [1.165, 1.54) is 0 Å². The minimum absolute atomic E-state index is 0.161. The number of aromatic nitrogens is 4. The molecule has 2 aromatic heterocycles. The average Bonchev–Trinajstić information content (AvgIpc) is 3.19. The van der Waals surface area contributed by atoms with Crippen LogP contribution in [0.5, 0.6) is 0 Å². The Morgan fingerprint density at radius 1 is 1.39 bits per heavy atom. The molecule has 0 aromatic carbocycles. The summed E-state index contributed by atoms with van der Waals surface area (Å²) in [6, 6.07) is 6.13. The Kier molecular flexibility index (Phi) is 4.97. The first-order valence-corrected chi connectivity index (χ1v) is 8.07. The van der Waals surface area contributed by atoms with Crippen LogP contribution in [0.2, 0.25) is 0 Å². The van der Waals surface area contributed by atoms with E-state index >= 15 is 0 Å². The summed E-state index contributed by atoms with van der Waals surface area (Å²) >= 11 is 0. The Balaban J connectivity index is 1.60. The normalized spacial score (nSPS) is 20.6. The predicted molar refractivity (Wildman–Crippen MR) is 85.6 cm³/mol. The van der Waals surface area contributed by atoms with Gasteiger partial charge in [0.05, 0.1) is 12.7 Å². The smallest absolute Gasteiger partial charge is 0.273 e. The second-order valence-corrected chi connectivity index (χ2v) is 5.95. The van der Waals surface area contributed by atoms with Crippen LogP contribution in [0.25, 0.3) is 0 Å². The van der Waals surface area contributed by atoms with Gasteiger partial charge in [0.15, 0.2) is 5.69 Å². The molecule has 1 aliphatic carbocycles. The summed E-state index contributed by atoms with van der Waals surface area (Å²) in [6.07, 6.45) is 7.59. The first kappa shape index (κ1) is 15.6. The fraction of sp³-hybridized carbons (Fsp3) is 0.500. The molecule has 1 aliphatic rings. The third kappa shape index (κ3) is 3.92. The van der Waals surface area contributed by atoms with Crippen molar-refractivity contribution in [3.8, 4) is 0 Å². The van der Waals surface area contributed by atoms with Crippen molar-refractivity contribution in [3.05, 3.63) is 42.0 Å². The van der Waals surface area contributed by atoms with E-state index in [0.717, 1.165) is 31.4 Å². The van der Waals surface area contributed by atoms with Gasteiger partial charge in [0.1, 0.15) is 0 Å². The van der Waals surface area contributed by atoms with Crippen molar-refractivity contribution in [2.45, 2.75) is 38.3 Å². The molecule has 2 unspecified atom stereocenters. The highest BCUT2D eigenvalue weighted by Crippen LogP contribution is 2.28. The van der Waals surface area contributed by atoms with Crippen molar-refractivity contribution in [2.75, 3.05) is 6.54 Å². The monoisotopic (exact) mass is 314 g/mol. The molecular weight excluding hydrogens is 292 g/mol. The molecule has 2 atom stereocenters. The fourth-order valence-electron chi connectivity index (χ4n) is 3.15. The fourth-order valence-corrected chi connectivity index (χ4v) is 3.15. The van der Waals surface area contributed by atoms with Crippen LogP contribution >= 0.6 is 0 Å². The number of nitrogens with two attached hydrogens (primary N) is 1. The number of pyridine rings is 1. The molecule has 1 saturated carbocycles. The Labute approximate surface area is 135 Å². The highest BCUT2D eigenvalue weighted by atomic mass is 16.2. The standard InChI is InChI=1S/C16H22N6O/c17-7-9-22-11-15(20-21-22)16(23)19-14-6-3-4-12(14)10-13-5-1-2-8-18-13/h1-2,5,8,11-12,14H,3-4,6-7,9-10,17H2,(H,19,23). The Bertz CT molecular complexity index is 641. The Morgan fingerprint density at radius 2 is 2.30 bits per heavy atom. The topological polar surface area (TPSA) is 98.7 Å². The Hall–Kier alpha value is -2.28. The highest BCUT2D eigenvalue weighted by Gasteiger charge is 2.29. The van der Waals surface area contributed by atoms with Crippen molar-refractivity contribution in [3.63, 3.8) is 0 Å². The summed E-state index contributed by atoms with van der Waals surface area (Å²) in [7, 11) is 0. The summed E-state index contributed by atoms with van der Waals surface area (Å²) in [6.45, 7) is 1.03. The van der Waals surface area contributed by atoms with Crippen LogP contribution < -0.4 is 11.1 Å². The highest BCUT2D eigenvalue weighted by molar-refractivity contribution is 5.92. The molecule has 2 heterocycles. The molecule has 0 spiro atoms. The first-order chi connectivity index (χ1) is 11.3. The van der Waals surface area contributed by atoms with Crippen molar-refractivity contribution < 1.29 is 4.79 Å². The van der Waals surface area contributed by atoms with E-state index in [9.17, 15) is 4.79 Å². The van der Waals surface area contributed by atoms with E-state index in [4.69, 9.17) is 5.73 Å². The van der Waals surface area contributed by atoms with Gasteiger partial charge >= 0.3 is 0 Å². The SMILES string of the molecule is NCCn1cc(C(=O)NC2CCCC2Cc2ccccn2)nn1. The molecule has 2 aromatic rings. The summed E-state index contributed by atoms with van der Waals surface area (Å²) in [5.74, 6) is 0.263. The zero-order valence-electron chi connectivity index (χ0n) is 13.1. The molecule has 7 heteroatoms. The lowest BCUT2D eigenvalue weighted by molar-refractivity contribution is 0.0922. The van der Waals surface area contributed by atoms with Gasteiger partial charge < -0.3 is 11.1 Å². The van der Waals surface area contributed by atoms with Gasteiger partial charge in [-0.3, -0.25) is 14.5 Å². The van der Waals surface area contributed by atoms with Gasteiger partial charge in [-0.05, 0) is 37.3 Å². The van der Waals surface area contributed by atoms with E-state index in [1.807, 2.05) is 24.4 Å². The van der Waals surface area contributed by atoms with Crippen LogP contribution in [-0.2, 0) is 13.0 Å². The van der Waals surface area contributed by atoms with Crippen molar-refractivity contribution in [2.24, 2.45) is 11.7 Å². The molecule has 0 bridgehead atoms. The van der Waals surface area contributed by atoms with Crippen LogP contribution in [0.3, 0.4) is 0 Å². The van der Waals surface area contributed by atoms with Gasteiger partial charge in [-0.15, -0.1) is 5.10 Å². The van der Waals surface area contributed by atoms with Crippen LogP contribution in [-0.4, -0.2) is 38.5 Å². The number of hydrogen-bond acceptors (Lipinski definition) is 5. The number of nitrogens with one attached hydrogen (secondary N) is 1. The third-order valence-corrected chi connectivity index (χ3v) is 4.30. The zero-order chi connectivity index (χ0) is 16.1. The molecule has 3 rings (SSSR count). The molecule has 1 amide bonds. The number of amides is 1. The molecule has 7 nitrogen and oxygen atoms in total. The molecule has 1 fully saturated rings. The lowest BCUT2D eigenvalue weighted by Gasteiger charge is -2.20. The molecule has 23 heavy (non-hydrogen) atoms. The maximum Gasteiger partial charge on any atom is 0.273 e. The predicted octanol–water partition coefficient (Wildman–Crippen LogP) is 0.773. The van der Waals surface area contributed by atoms with Gasteiger partial charge in [-0.1, -0.05) is 17.7 Å². The average molecular weight is 314 g/mol. The number of hydrogen-bond donors (Lipinski definition) is 2. The molecule has 0 saturated heterocycles. The first-order valence-electron chi connectivity index (χ1n) is 8.07. The maximum absolute atomic E-state index is 12.3. The summed E-state index contributed by atoms with van der Waals surface area (Å²) in [5.41, 5.74) is 6.90. The van der Waals surface area contributed by atoms with Gasteiger partial charge in [0.2, 0.25) is 0 Å². The summed E-state index contributed by atoms with van der Waals surface area (Å²) < 4.78 is 1.59. The largest absolute Gasteiger partial charge is 0.348 e. The molecule has 0 radical (unpaired) electrons.